The molecule has 6 heteroatoms. The number of aromatic nitrogens is 2. The molecule has 100 valence electrons. The van der Waals surface area contributed by atoms with Crippen LogP contribution < -0.4 is 4.90 Å². The number of halogens is 1. The van der Waals surface area contributed by atoms with E-state index in [4.69, 9.17) is 16.3 Å². The SMILES string of the molecule is CCOC(O)CN(C)c1nc(Cl)nc2c1CCC2. The van der Waals surface area contributed by atoms with Crippen molar-refractivity contribution in [2.45, 2.75) is 32.5 Å². The molecular weight excluding hydrogens is 254 g/mol. The van der Waals surface area contributed by atoms with E-state index in [2.05, 4.69) is 9.97 Å². The molecule has 5 nitrogen and oxygen atoms in total. The van der Waals surface area contributed by atoms with E-state index in [0.717, 1.165) is 36.3 Å². The van der Waals surface area contributed by atoms with Gasteiger partial charge in [0, 0.05) is 19.2 Å². The fourth-order valence-electron chi connectivity index (χ4n) is 2.26. The molecule has 1 unspecified atom stereocenters. The van der Waals surface area contributed by atoms with Gasteiger partial charge < -0.3 is 14.7 Å². The number of hydrogen-bond acceptors (Lipinski definition) is 5. The Bertz CT molecular complexity index is 428. The van der Waals surface area contributed by atoms with Crippen molar-refractivity contribution < 1.29 is 9.84 Å². The first kappa shape index (κ1) is 13.5. The third-order valence-electron chi connectivity index (χ3n) is 3.03. The second-order valence-corrected chi connectivity index (χ2v) is 4.72. The number of nitrogens with zero attached hydrogens (tertiary/aromatic N) is 3. The van der Waals surface area contributed by atoms with Crippen LogP contribution in [0.5, 0.6) is 0 Å². The van der Waals surface area contributed by atoms with E-state index < -0.39 is 6.29 Å². The Morgan fingerprint density at radius 1 is 1.44 bits per heavy atom. The van der Waals surface area contributed by atoms with Crippen LogP contribution in [0.15, 0.2) is 0 Å². The molecule has 0 amide bonds. The smallest absolute Gasteiger partial charge is 0.224 e. The first-order valence-corrected chi connectivity index (χ1v) is 6.55. The molecular formula is C12H18ClN3O2. The highest BCUT2D eigenvalue weighted by Crippen LogP contribution is 2.29. The molecule has 1 atom stereocenters. The van der Waals surface area contributed by atoms with Crippen LogP contribution >= 0.6 is 11.6 Å². The predicted molar refractivity (Wildman–Crippen MR) is 70.0 cm³/mol. The maximum absolute atomic E-state index is 9.66. The quantitative estimate of drug-likeness (QED) is 0.648. The van der Waals surface area contributed by atoms with Crippen molar-refractivity contribution in [3.8, 4) is 0 Å². The standard InChI is InChI=1S/C12H18ClN3O2/c1-3-18-10(17)7-16(2)11-8-5-4-6-9(8)14-12(13)15-11/h10,17H,3-7H2,1-2H3. The predicted octanol–water partition coefficient (Wildman–Crippen LogP) is 1.41. The number of ether oxygens (including phenoxy) is 1. The maximum Gasteiger partial charge on any atom is 0.224 e. The highest BCUT2D eigenvalue weighted by atomic mass is 35.5. The Morgan fingerprint density at radius 2 is 2.22 bits per heavy atom. The fraction of sp³-hybridized carbons (Fsp3) is 0.667. The number of likely N-dealkylation sites (N-methyl/N-ethyl adjacent to an activating group) is 1. The van der Waals surface area contributed by atoms with Crippen molar-refractivity contribution in [1.82, 2.24) is 9.97 Å². The maximum atomic E-state index is 9.66. The van der Waals surface area contributed by atoms with Gasteiger partial charge in [-0.25, -0.2) is 9.97 Å². The van der Waals surface area contributed by atoms with Gasteiger partial charge in [0.1, 0.15) is 5.82 Å². The molecule has 2 rings (SSSR count). The molecule has 1 N–H and O–H groups in total. The van der Waals surface area contributed by atoms with Crippen LogP contribution in [-0.4, -0.2) is 41.6 Å². The molecule has 0 spiro atoms. The van der Waals surface area contributed by atoms with Gasteiger partial charge in [0.25, 0.3) is 0 Å². The Balaban J connectivity index is 2.17. The number of anilines is 1. The number of aliphatic hydroxyl groups is 1. The second-order valence-electron chi connectivity index (χ2n) is 4.39. The lowest BCUT2D eigenvalue weighted by molar-refractivity contribution is -0.0869. The molecule has 0 radical (unpaired) electrons. The summed E-state index contributed by atoms with van der Waals surface area (Å²) in [4.78, 5) is 10.4. The molecule has 1 heterocycles. The molecule has 18 heavy (non-hydrogen) atoms. The second kappa shape index (κ2) is 5.82. The lowest BCUT2D eigenvalue weighted by Gasteiger charge is -2.23. The molecule has 1 aliphatic carbocycles. The van der Waals surface area contributed by atoms with Crippen LogP contribution in [0.4, 0.5) is 5.82 Å². The third-order valence-corrected chi connectivity index (χ3v) is 3.20. The first-order valence-electron chi connectivity index (χ1n) is 6.18. The molecule has 0 aromatic carbocycles. The third kappa shape index (κ3) is 2.91. The molecule has 0 bridgehead atoms. The number of fused-ring (bicyclic) bond motifs is 1. The molecule has 0 aliphatic heterocycles. The van der Waals surface area contributed by atoms with E-state index in [1.807, 2.05) is 18.9 Å². The Kier molecular flexibility index (Phi) is 4.37. The van der Waals surface area contributed by atoms with E-state index >= 15 is 0 Å². The van der Waals surface area contributed by atoms with Gasteiger partial charge in [-0.05, 0) is 37.8 Å². The van der Waals surface area contributed by atoms with Gasteiger partial charge in [0.15, 0.2) is 6.29 Å². The zero-order chi connectivity index (χ0) is 13.1. The molecule has 0 saturated heterocycles. The molecule has 0 saturated carbocycles. The van der Waals surface area contributed by atoms with Crippen molar-refractivity contribution in [2.24, 2.45) is 0 Å². The highest BCUT2D eigenvalue weighted by molar-refractivity contribution is 6.28. The molecule has 1 aromatic rings. The van der Waals surface area contributed by atoms with Gasteiger partial charge in [-0.2, -0.15) is 0 Å². The zero-order valence-corrected chi connectivity index (χ0v) is 11.4. The minimum atomic E-state index is -0.814. The monoisotopic (exact) mass is 271 g/mol. The van der Waals surface area contributed by atoms with E-state index in [1.165, 1.54) is 0 Å². The molecule has 1 aromatic heterocycles. The summed E-state index contributed by atoms with van der Waals surface area (Å²) in [7, 11) is 1.87. The lowest BCUT2D eigenvalue weighted by atomic mass is 10.2. The zero-order valence-electron chi connectivity index (χ0n) is 10.7. The summed E-state index contributed by atoms with van der Waals surface area (Å²) in [6, 6.07) is 0. The number of rotatable bonds is 5. The molecule has 1 aliphatic rings. The van der Waals surface area contributed by atoms with Gasteiger partial charge in [-0.1, -0.05) is 0 Å². The van der Waals surface area contributed by atoms with Gasteiger partial charge in [0.2, 0.25) is 5.28 Å². The van der Waals surface area contributed by atoms with E-state index in [-0.39, 0.29) is 5.28 Å². The summed E-state index contributed by atoms with van der Waals surface area (Å²) >= 11 is 5.93. The lowest BCUT2D eigenvalue weighted by Crippen LogP contribution is -2.32. The van der Waals surface area contributed by atoms with E-state index in [1.54, 1.807) is 0 Å². The Hall–Kier alpha value is -0.910. The average molecular weight is 272 g/mol. The van der Waals surface area contributed by atoms with Crippen molar-refractivity contribution >= 4 is 17.4 Å². The summed E-state index contributed by atoms with van der Waals surface area (Å²) in [5.41, 5.74) is 2.17. The van der Waals surface area contributed by atoms with Crippen molar-refractivity contribution in [2.75, 3.05) is 25.1 Å². The Labute approximate surface area is 112 Å². The first-order chi connectivity index (χ1) is 8.61. The highest BCUT2D eigenvalue weighted by Gasteiger charge is 2.22. The van der Waals surface area contributed by atoms with Crippen molar-refractivity contribution in [1.29, 1.82) is 0 Å². The van der Waals surface area contributed by atoms with Crippen LogP contribution in [0.2, 0.25) is 5.28 Å². The number of hydrogen-bond donors (Lipinski definition) is 1. The summed E-state index contributed by atoms with van der Waals surface area (Å²) in [6.45, 7) is 2.70. The van der Waals surface area contributed by atoms with E-state index in [9.17, 15) is 5.11 Å². The topological polar surface area (TPSA) is 58.5 Å². The summed E-state index contributed by atoms with van der Waals surface area (Å²) < 4.78 is 5.12. The Morgan fingerprint density at radius 3 is 2.94 bits per heavy atom. The van der Waals surface area contributed by atoms with Gasteiger partial charge in [-0.3, -0.25) is 0 Å². The summed E-state index contributed by atoms with van der Waals surface area (Å²) in [5.74, 6) is 0.807. The van der Waals surface area contributed by atoms with Crippen LogP contribution in [0.25, 0.3) is 0 Å². The minimum Gasteiger partial charge on any atom is -0.366 e. The largest absolute Gasteiger partial charge is 0.366 e. The van der Waals surface area contributed by atoms with Crippen LogP contribution in [0.3, 0.4) is 0 Å². The van der Waals surface area contributed by atoms with E-state index in [0.29, 0.717) is 13.2 Å². The van der Waals surface area contributed by atoms with Gasteiger partial charge in [0.05, 0.1) is 12.2 Å². The van der Waals surface area contributed by atoms with Crippen LogP contribution in [0.1, 0.15) is 24.6 Å². The normalized spacial score (nSPS) is 15.6. The van der Waals surface area contributed by atoms with Crippen LogP contribution in [0, 0.1) is 0 Å². The van der Waals surface area contributed by atoms with Crippen molar-refractivity contribution in [3.63, 3.8) is 0 Å². The summed E-state index contributed by atoms with van der Waals surface area (Å²) in [6.07, 6.45) is 2.19. The number of aliphatic hydroxyl groups excluding tert-OH is 1. The van der Waals surface area contributed by atoms with Gasteiger partial charge >= 0.3 is 0 Å². The van der Waals surface area contributed by atoms with Crippen molar-refractivity contribution in [3.05, 3.63) is 16.5 Å². The van der Waals surface area contributed by atoms with Gasteiger partial charge in [-0.15, -0.1) is 0 Å². The fourth-order valence-corrected chi connectivity index (χ4v) is 2.45. The summed E-state index contributed by atoms with van der Waals surface area (Å²) in [5, 5.41) is 9.93. The minimum absolute atomic E-state index is 0.267. The average Bonchev–Trinajstić information content (AvgIpc) is 2.75. The number of aryl methyl sites for hydroxylation is 1. The van der Waals surface area contributed by atoms with Crippen LogP contribution in [-0.2, 0) is 17.6 Å². The molecule has 0 fully saturated rings.